The Balaban J connectivity index is 1.75. The van der Waals surface area contributed by atoms with E-state index >= 15 is 0 Å². The van der Waals surface area contributed by atoms with Crippen molar-refractivity contribution in [2.45, 2.75) is 30.6 Å². The van der Waals surface area contributed by atoms with Gasteiger partial charge in [-0.05, 0) is 55.5 Å². The number of sulfonamides is 1. The number of hydrogen-bond acceptors (Lipinski definition) is 5. The number of carbonyl (C=O) groups is 1. The zero-order valence-electron chi connectivity index (χ0n) is 13.7. The third-order valence-corrected chi connectivity index (χ3v) is 6.75. The predicted octanol–water partition coefficient (Wildman–Crippen LogP) is 2.12. The second kappa shape index (κ2) is 7.65. The third kappa shape index (κ3) is 4.27. The Bertz CT molecular complexity index is 852. The minimum atomic E-state index is -3.63. The van der Waals surface area contributed by atoms with Gasteiger partial charge in [0.15, 0.2) is 0 Å². The maximum Gasteiger partial charge on any atom is 0.265 e. The van der Waals surface area contributed by atoms with Crippen LogP contribution in [0.3, 0.4) is 0 Å². The van der Waals surface area contributed by atoms with Crippen LogP contribution in [0.2, 0.25) is 0 Å². The van der Waals surface area contributed by atoms with Gasteiger partial charge in [-0.1, -0.05) is 6.07 Å². The lowest BCUT2D eigenvalue weighted by Crippen LogP contribution is -2.29. The molecule has 0 atom stereocenters. The van der Waals surface area contributed by atoms with Gasteiger partial charge in [0, 0.05) is 23.7 Å². The topological polar surface area (TPSA) is 101 Å². The van der Waals surface area contributed by atoms with Crippen LogP contribution in [0, 0.1) is 0 Å². The second-order valence-electron chi connectivity index (χ2n) is 5.93. The fourth-order valence-corrected chi connectivity index (χ4v) is 5.05. The quantitative estimate of drug-likeness (QED) is 0.715. The molecule has 8 heteroatoms. The van der Waals surface area contributed by atoms with Gasteiger partial charge in [0.25, 0.3) is 5.91 Å². The van der Waals surface area contributed by atoms with E-state index in [1.807, 2.05) is 6.07 Å². The SMILES string of the molecule is NCCNS(=O)(=O)c1cccc(NC(=O)c2cc3c(s2)CCCC3)c1. The molecule has 1 aromatic heterocycles. The standard InChI is InChI=1S/C17H21N3O3S2/c18-8-9-19-25(22,23)14-6-3-5-13(11-14)20-17(21)16-10-12-4-1-2-7-15(12)24-16/h3,5-6,10-11,19H,1-2,4,7-9,18H2,(H,20,21). The van der Waals surface area contributed by atoms with Gasteiger partial charge in [-0.2, -0.15) is 0 Å². The van der Waals surface area contributed by atoms with E-state index in [1.54, 1.807) is 12.1 Å². The van der Waals surface area contributed by atoms with Crippen LogP contribution < -0.4 is 15.8 Å². The van der Waals surface area contributed by atoms with Crippen LogP contribution >= 0.6 is 11.3 Å². The molecule has 6 nitrogen and oxygen atoms in total. The van der Waals surface area contributed by atoms with Crippen molar-refractivity contribution >= 4 is 33.0 Å². The molecular formula is C17H21N3O3S2. The fraction of sp³-hybridized carbons (Fsp3) is 0.353. The van der Waals surface area contributed by atoms with Gasteiger partial charge >= 0.3 is 0 Å². The molecule has 0 unspecified atom stereocenters. The molecule has 0 radical (unpaired) electrons. The number of fused-ring (bicyclic) bond motifs is 1. The first kappa shape index (κ1) is 18.1. The highest BCUT2D eigenvalue weighted by Crippen LogP contribution is 2.30. The van der Waals surface area contributed by atoms with Crippen molar-refractivity contribution in [3.05, 3.63) is 45.6 Å². The molecule has 0 saturated heterocycles. The van der Waals surface area contributed by atoms with Gasteiger partial charge in [-0.3, -0.25) is 4.79 Å². The molecule has 25 heavy (non-hydrogen) atoms. The number of nitrogens with two attached hydrogens (primary N) is 1. The summed E-state index contributed by atoms with van der Waals surface area (Å²) >= 11 is 1.53. The van der Waals surface area contributed by atoms with Crippen molar-refractivity contribution in [2.24, 2.45) is 5.73 Å². The molecule has 1 aromatic carbocycles. The van der Waals surface area contributed by atoms with Gasteiger partial charge in [0.1, 0.15) is 0 Å². The Kier molecular flexibility index (Phi) is 5.53. The summed E-state index contributed by atoms with van der Waals surface area (Å²) in [7, 11) is -3.63. The molecule has 4 N–H and O–H groups in total. The van der Waals surface area contributed by atoms with Crippen LogP contribution in [-0.2, 0) is 22.9 Å². The highest BCUT2D eigenvalue weighted by Gasteiger charge is 2.18. The summed E-state index contributed by atoms with van der Waals surface area (Å²) in [4.78, 5) is 14.5. The number of anilines is 1. The first-order valence-corrected chi connectivity index (χ1v) is 10.5. The molecule has 1 heterocycles. The number of benzene rings is 1. The number of nitrogens with one attached hydrogen (secondary N) is 2. The maximum absolute atomic E-state index is 12.5. The minimum absolute atomic E-state index is 0.101. The molecule has 134 valence electrons. The van der Waals surface area contributed by atoms with Crippen molar-refractivity contribution < 1.29 is 13.2 Å². The summed E-state index contributed by atoms with van der Waals surface area (Å²) in [6, 6.07) is 8.17. The first-order valence-electron chi connectivity index (χ1n) is 8.22. The van der Waals surface area contributed by atoms with Gasteiger partial charge < -0.3 is 11.1 Å². The highest BCUT2D eigenvalue weighted by atomic mass is 32.2. The van der Waals surface area contributed by atoms with Crippen LogP contribution in [0.25, 0.3) is 0 Å². The predicted molar refractivity (Wildman–Crippen MR) is 99.6 cm³/mol. The molecule has 3 rings (SSSR count). The summed E-state index contributed by atoms with van der Waals surface area (Å²) in [5, 5.41) is 2.79. The zero-order chi connectivity index (χ0) is 17.9. The molecule has 0 spiro atoms. The van der Waals surface area contributed by atoms with Crippen molar-refractivity contribution in [3.63, 3.8) is 0 Å². The van der Waals surface area contributed by atoms with Gasteiger partial charge in [-0.15, -0.1) is 11.3 Å². The van der Waals surface area contributed by atoms with Crippen molar-refractivity contribution in [3.8, 4) is 0 Å². The Morgan fingerprint density at radius 1 is 1.20 bits per heavy atom. The van der Waals surface area contributed by atoms with E-state index in [-0.39, 0.29) is 23.9 Å². The number of thiophene rings is 1. The zero-order valence-corrected chi connectivity index (χ0v) is 15.4. The number of carbonyl (C=O) groups excluding carboxylic acids is 1. The molecular weight excluding hydrogens is 358 g/mol. The minimum Gasteiger partial charge on any atom is -0.329 e. The maximum atomic E-state index is 12.5. The Labute approximate surface area is 151 Å². The number of hydrogen-bond donors (Lipinski definition) is 3. The molecule has 0 bridgehead atoms. The summed E-state index contributed by atoms with van der Waals surface area (Å²) in [5.41, 5.74) is 7.05. The van der Waals surface area contributed by atoms with Crippen molar-refractivity contribution in [1.82, 2.24) is 4.72 Å². The molecule has 2 aromatic rings. The number of rotatable bonds is 6. The average molecular weight is 380 g/mol. The first-order chi connectivity index (χ1) is 12.0. The van der Waals surface area contributed by atoms with Crippen LogP contribution in [0.5, 0.6) is 0 Å². The third-order valence-electron chi connectivity index (χ3n) is 4.06. The molecule has 1 amide bonds. The van der Waals surface area contributed by atoms with E-state index in [0.717, 1.165) is 12.8 Å². The fourth-order valence-electron chi connectivity index (χ4n) is 2.81. The molecule has 1 aliphatic carbocycles. The van der Waals surface area contributed by atoms with Crippen LogP contribution in [0.15, 0.2) is 35.2 Å². The lowest BCUT2D eigenvalue weighted by molar-refractivity contribution is 0.103. The molecule has 1 aliphatic rings. The average Bonchev–Trinajstić information content (AvgIpc) is 3.04. The highest BCUT2D eigenvalue weighted by molar-refractivity contribution is 7.89. The Hall–Kier alpha value is -1.74. The van der Waals surface area contributed by atoms with E-state index in [1.165, 1.54) is 46.8 Å². The number of amides is 1. The molecule has 0 fully saturated rings. The normalized spacial score (nSPS) is 14.1. The van der Waals surface area contributed by atoms with E-state index in [4.69, 9.17) is 5.73 Å². The molecule has 0 aliphatic heterocycles. The second-order valence-corrected chi connectivity index (χ2v) is 8.84. The van der Waals surface area contributed by atoms with E-state index < -0.39 is 10.0 Å². The monoisotopic (exact) mass is 379 g/mol. The Morgan fingerprint density at radius 2 is 2.00 bits per heavy atom. The van der Waals surface area contributed by atoms with Gasteiger partial charge in [-0.25, -0.2) is 13.1 Å². The van der Waals surface area contributed by atoms with Crippen molar-refractivity contribution in [1.29, 1.82) is 0 Å². The summed E-state index contributed by atoms with van der Waals surface area (Å²) in [5.74, 6) is -0.205. The van der Waals surface area contributed by atoms with Crippen LogP contribution in [0.1, 0.15) is 33.0 Å². The van der Waals surface area contributed by atoms with E-state index in [2.05, 4.69) is 10.0 Å². The largest absolute Gasteiger partial charge is 0.329 e. The van der Waals surface area contributed by atoms with E-state index in [9.17, 15) is 13.2 Å². The smallest absolute Gasteiger partial charge is 0.265 e. The van der Waals surface area contributed by atoms with Crippen LogP contribution in [-0.4, -0.2) is 27.4 Å². The lowest BCUT2D eigenvalue weighted by atomic mass is 9.99. The summed E-state index contributed by atoms with van der Waals surface area (Å²) < 4.78 is 26.7. The van der Waals surface area contributed by atoms with Crippen LogP contribution in [0.4, 0.5) is 5.69 Å². The van der Waals surface area contributed by atoms with Crippen molar-refractivity contribution in [2.75, 3.05) is 18.4 Å². The summed E-state index contributed by atoms with van der Waals surface area (Å²) in [6.07, 6.45) is 4.40. The molecule has 0 saturated carbocycles. The van der Waals surface area contributed by atoms with Gasteiger partial charge in [0.05, 0.1) is 9.77 Å². The lowest BCUT2D eigenvalue weighted by Gasteiger charge is -2.08. The Morgan fingerprint density at radius 3 is 2.76 bits per heavy atom. The van der Waals surface area contributed by atoms with E-state index in [0.29, 0.717) is 10.6 Å². The van der Waals surface area contributed by atoms with Gasteiger partial charge in [0.2, 0.25) is 10.0 Å². The summed E-state index contributed by atoms with van der Waals surface area (Å²) in [6.45, 7) is 0.387. The number of aryl methyl sites for hydroxylation is 2.